The Labute approximate surface area is 167 Å². The van der Waals surface area contributed by atoms with Crippen LogP contribution in [0.15, 0.2) is 39.1 Å². The molecular weight excluding hydrogens is 406 g/mol. The lowest BCUT2D eigenvalue weighted by Crippen LogP contribution is -2.18. The summed E-state index contributed by atoms with van der Waals surface area (Å²) in [6.07, 6.45) is 2.60. The van der Waals surface area contributed by atoms with Crippen LogP contribution >= 0.6 is 23.5 Å². The number of amides is 3. The van der Waals surface area contributed by atoms with Gasteiger partial charge in [0.05, 0.1) is 16.4 Å². The Balaban J connectivity index is 1.81. The highest BCUT2D eigenvalue weighted by molar-refractivity contribution is 8.18. The van der Waals surface area contributed by atoms with Gasteiger partial charge in [-0.25, -0.2) is 4.79 Å². The maximum atomic E-state index is 12.1. The Kier molecular flexibility index (Phi) is 5.85. The normalized spacial score (nSPS) is 19.2. The minimum absolute atomic E-state index is 0.0491. The van der Waals surface area contributed by atoms with Crippen molar-refractivity contribution < 1.29 is 28.7 Å². The zero-order valence-electron chi connectivity index (χ0n) is 14.4. The van der Waals surface area contributed by atoms with Gasteiger partial charge in [-0.3, -0.25) is 19.7 Å². The van der Waals surface area contributed by atoms with Crippen LogP contribution in [0.3, 0.4) is 0 Å². The predicted molar refractivity (Wildman–Crippen MR) is 105 cm³/mol. The fourth-order valence-electron chi connectivity index (χ4n) is 2.21. The van der Waals surface area contributed by atoms with Gasteiger partial charge in [0, 0.05) is 6.08 Å². The molecule has 1 saturated heterocycles. The Morgan fingerprint density at radius 3 is 2.61 bits per heavy atom. The third-order valence-electron chi connectivity index (χ3n) is 3.33. The van der Waals surface area contributed by atoms with Crippen molar-refractivity contribution in [1.82, 2.24) is 5.32 Å². The summed E-state index contributed by atoms with van der Waals surface area (Å²) in [5.41, 5.74) is 6.34. The monoisotopic (exact) mass is 419 g/mol. The number of carbonyl (C=O) groups is 4. The number of carbonyl (C=O) groups excluding carboxylic acids is 4. The lowest BCUT2D eigenvalue weighted by Gasteiger charge is -2.11. The number of hydrogen-bond acceptors (Lipinski definition) is 9. The highest BCUT2D eigenvalue weighted by Crippen LogP contribution is 2.33. The molecule has 11 heteroatoms. The molecule has 9 nitrogen and oxygen atoms in total. The van der Waals surface area contributed by atoms with E-state index in [1.54, 1.807) is 25.1 Å². The van der Waals surface area contributed by atoms with E-state index in [0.717, 1.165) is 17.8 Å². The number of thioether (sulfide) groups is 2. The average molecular weight is 419 g/mol. The molecule has 2 heterocycles. The fourth-order valence-corrected chi connectivity index (χ4v) is 3.53. The minimum atomic E-state index is -0.826. The molecule has 0 bridgehead atoms. The summed E-state index contributed by atoms with van der Waals surface area (Å²) in [6, 6.07) is 4.77. The highest BCUT2D eigenvalue weighted by atomic mass is 32.2. The van der Waals surface area contributed by atoms with E-state index >= 15 is 0 Å². The number of amidine groups is 1. The zero-order chi connectivity index (χ0) is 20.3. The molecule has 0 atom stereocenters. The summed E-state index contributed by atoms with van der Waals surface area (Å²) >= 11 is 1.53. The van der Waals surface area contributed by atoms with E-state index in [1.807, 2.05) is 5.32 Å². The Bertz CT molecular complexity index is 983. The van der Waals surface area contributed by atoms with Gasteiger partial charge in [-0.1, -0.05) is 6.07 Å². The standard InChI is InChI=1S/C17H13N3O6S2/c1-2-25-10-5-8(6-11-14(18)19-16(23)27-11)3-4-9(10)26-13(21)7-12-15(22)20-17(24)28-12/h3-7H,2H2,1H3,(H2,18,19,23)(H,20,22,24)/b11-6-,12-7+. The summed E-state index contributed by atoms with van der Waals surface area (Å²) in [5.74, 6) is -0.920. The fraction of sp³-hybridized carbons (Fsp3) is 0.118. The molecule has 0 saturated carbocycles. The molecule has 3 amide bonds. The number of imide groups is 1. The molecule has 2 aliphatic rings. The number of hydrogen-bond donors (Lipinski definition) is 2. The Hall–Kier alpha value is -3.05. The van der Waals surface area contributed by atoms with E-state index in [4.69, 9.17) is 15.2 Å². The maximum Gasteiger partial charge on any atom is 0.337 e. The molecule has 3 rings (SSSR count). The lowest BCUT2D eigenvalue weighted by molar-refractivity contribution is -0.129. The van der Waals surface area contributed by atoms with Gasteiger partial charge in [0.1, 0.15) is 5.84 Å². The van der Waals surface area contributed by atoms with Gasteiger partial charge in [0.25, 0.3) is 11.1 Å². The number of esters is 1. The van der Waals surface area contributed by atoms with Crippen molar-refractivity contribution in [2.24, 2.45) is 10.7 Å². The van der Waals surface area contributed by atoms with Crippen molar-refractivity contribution in [3.05, 3.63) is 39.6 Å². The molecule has 0 radical (unpaired) electrons. The molecule has 0 aliphatic carbocycles. The minimum Gasteiger partial charge on any atom is -0.490 e. The molecule has 1 aromatic carbocycles. The first-order valence-electron chi connectivity index (χ1n) is 7.87. The van der Waals surface area contributed by atoms with Crippen LogP contribution in [0, 0.1) is 0 Å². The van der Waals surface area contributed by atoms with Crippen molar-refractivity contribution in [2.45, 2.75) is 6.92 Å². The number of aliphatic imine (C=N–C) groups is 1. The van der Waals surface area contributed by atoms with Crippen molar-refractivity contribution in [3.63, 3.8) is 0 Å². The maximum absolute atomic E-state index is 12.1. The van der Waals surface area contributed by atoms with E-state index in [2.05, 4.69) is 4.99 Å². The van der Waals surface area contributed by atoms with E-state index < -0.39 is 17.1 Å². The van der Waals surface area contributed by atoms with Gasteiger partial charge >= 0.3 is 11.2 Å². The Morgan fingerprint density at radius 2 is 2.00 bits per heavy atom. The van der Waals surface area contributed by atoms with Crippen LogP contribution in [-0.4, -0.2) is 34.8 Å². The number of nitrogens with zero attached hydrogens (tertiary/aromatic N) is 1. The lowest BCUT2D eigenvalue weighted by atomic mass is 10.2. The summed E-state index contributed by atoms with van der Waals surface area (Å²) < 4.78 is 10.7. The first-order valence-corrected chi connectivity index (χ1v) is 9.50. The van der Waals surface area contributed by atoms with Crippen molar-refractivity contribution in [3.8, 4) is 11.5 Å². The zero-order valence-corrected chi connectivity index (χ0v) is 16.0. The second kappa shape index (κ2) is 8.31. The van der Waals surface area contributed by atoms with Crippen LogP contribution in [0.1, 0.15) is 12.5 Å². The smallest absolute Gasteiger partial charge is 0.337 e. The van der Waals surface area contributed by atoms with Crippen molar-refractivity contribution in [1.29, 1.82) is 0 Å². The molecule has 28 heavy (non-hydrogen) atoms. The third-order valence-corrected chi connectivity index (χ3v) is 4.95. The van der Waals surface area contributed by atoms with Gasteiger partial charge in [-0.2, -0.15) is 4.99 Å². The van der Waals surface area contributed by atoms with Gasteiger partial charge < -0.3 is 15.2 Å². The molecule has 0 unspecified atom stereocenters. The van der Waals surface area contributed by atoms with Crippen molar-refractivity contribution in [2.75, 3.05) is 6.61 Å². The number of nitrogens with one attached hydrogen (secondary N) is 1. The molecule has 0 spiro atoms. The van der Waals surface area contributed by atoms with Gasteiger partial charge in [0.2, 0.25) is 0 Å². The predicted octanol–water partition coefficient (Wildman–Crippen LogP) is 2.42. The molecule has 0 aromatic heterocycles. The van der Waals surface area contributed by atoms with Crippen molar-refractivity contribution >= 4 is 57.8 Å². The molecule has 144 valence electrons. The molecule has 3 N–H and O–H groups in total. The topological polar surface area (TPSA) is 137 Å². The molecule has 1 fully saturated rings. The first-order chi connectivity index (χ1) is 13.4. The van der Waals surface area contributed by atoms with Crippen LogP contribution in [-0.2, 0) is 9.59 Å². The van der Waals surface area contributed by atoms with Gasteiger partial charge in [-0.05, 0) is 54.2 Å². The number of ether oxygens (including phenoxy) is 2. The van der Waals surface area contributed by atoms with E-state index in [9.17, 15) is 19.2 Å². The summed E-state index contributed by atoms with van der Waals surface area (Å²) in [7, 11) is 0. The first kappa shape index (κ1) is 19.7. The van der Waals surface area contributed by atoms with E-state index in [-0.39, 0.29) is 27.5 Å². The number of nitrogens with two attached hydrogens (primary N) is 1. The second-order valence-corrected chi connectivity index (χ2v) is 7.29. The van der Waals surface area contributed by atoms with Crippen LogP contribution in [0.4, 0.5) is 9.59 Å². The van der Waals surface area contributed by atoms with E-state index in [0.29, 0.717) is 28.8 Å². The average Bonchev–Trinajstić information content (AvgIpc) is 3.10. The Morgan fingerprint density at radius 1 is 1.21 bits per heavy atom. The molecule has 2 aliphatic heterocycles. The van der Waals surface area contributed by atoms with Gasteiger partial charge in [0.15, 0.2) is 11.5 Å². The second-order valence-electron chi connectivity index (χ2n) is 5.29. The summed E-state index contributed by atoms with van der Waals surface area (Å²) in [5, 5.41) is 1.11. The van der Waals surface area contributed by atoms with Crippen LogP contribution in [0.5, 0.6) is 11.5 Å². The third kappa shape index (κ3) is 4.61. The summed E-state index contributed by atoms with van der Waals surface area (Å²) in [6.45, 7) is 2.08. The molecular formula is C17H13N3O6S2. The van der Waals surface area contributed by atoms with E-state index in [1.165, 1.54) is 6.07 Å². The quantitative estimate of drug-likeness (QED) is 0.419. The SMILES string of the molecule is CCOc1cc(/C=C2\SC(=O)N=C2N)ccc1OC(=O)/C=C1/SC(=O)NC1=O. The van der Waals surface area contributed by atoms with Crippen LogP contribution < -0.4 is 20.5 Å². The number of benzene rings is 1. The molecule has 1 aromatic rings. The largest absolute Gasteiger partial charge is 0.490 e. The summed E-state index contributed by atoms with van der Waals surface area (Å²) in [4.78, 5) is 50.1. The number of rotatable bonds is 5. The highest BCUT2D eigenvalue weighted by Gasteiger charge is 2.26. The van der Waals surface area contributed by atoms with Crippen LogP contribution in [0.25, 0.3) is 6.08 Å². The van der Waals surface area contributed by atoms with Gasteiger partial charge in [-0.15, -0.1) is 0 Å². The van der Waals surface area contributed by atoms with Crippen LogP contribution in [0.2, 0.25) is 0 Å².